The lowest BCUT2D eigenvalue weighted by molar-refractivity contribution is 0.201. The second-order valence-corrected chi connectivity index (χ2v) is 6.42. The summed E-state index contributed by atoms with van der Waals surface area (Å²) in [7, 11) is 0. The Balaban J connectivity index is 1.87. The van der Waals surface area contributed by atoms with Crippen molar-refractivity contribution in [3.63, 3.8) is 0 Å². The van der Waals surface area contributed by atoms with Crippen LogP contribution >= 0.6 is 0 Å². The highest BCUT2D eigenvalue weighted by Gasteiger charge is 2.15. The third-order valence-corrected chi connectivity index (χ3v) is 4.38. The monoisotopic (exact) mass is 360 g/mol. The molecule has 0 atom stereocenters. The van der Waals surface area contributed by atoms with Crippen LogP contribution in [0, 0.1) is 13.8 Å². The van der Waals surface area contributed by atoms with Gasteiger partial charge in [0.15, 0.2) is 5.65 Å². The molecule has 4 aromatic rings. The third-order valence-electron chi connectivity index (χ3n) is 4.38. The van der Waals surface area contributed by atoms with E-state index in [9.17, 15) is 0 Å². The number of aryl methyl sites for hydroxylation is 2. The van der Waals surface area contributed by atoms with Crippen molar-refractivity contribution in [2.75, 3.05) is 13.2 Å². The summed E-state index contributed by atoms with van der Waals surface area (Å²) < 4.78 is 5.53. The van der Waals surface area contributed by atoms with E-state index < -0.39 is 0 Å². The van der Waals surface area contributed by atoms with E-state index in [0.717, 1.165) is 39.2 Å². The Kier molecular flexibility index (Phi) is 4.56. The molecule has 6 heteroatoms. The van der Waals surface area contributed by atoms with Gasteiger partial charge >= 0.3 is 0 Å². The van der Waals surface area contributed by atoms with Crippen LogP contribution in [0.1, 0.15) is 11.3 Å². The molecule has 2 N–H and O–H groups in total. The van der Waals surface area contributed by atoms with Gasteiger partial charge in [0, 0.05) is 23.0 Å². The van der Waals surface area contributed by atoms with Gasteiger partial charge in [0.25, 0.3) is 0 Å². The molecule has 0 aliphatic rings. The van der Waals surface area contributed by atoms with E-state index in [1.165, 1.54) is 0 Å². The minimum absolute atomic E-state index is 0.0236. The standard InChI is InChI=1S/C21H20N4O2/c1-13-6-7-18(22-12-13)17-11-19(23-21-20(17)14(2)24-25-21)15-4-3-5-16(10-15)27-9-8-26/h3-7,10-12,26H,8-9H2,1-2H3,(H,23,24,25). The quantitative estimate of drug-likeness (QED) is 0.567. The molecule has 6 nitrogen and oxygen atoms in total. The van der Waals surface area contributed by atoms with Crippen LogP contribution in [0.25, 0.3) is 33.5 Å². The molecule has 0 spiro atoms. The Morgan fingerprint density at radius 3 is 2.74 bits per heavy atom. The first-order chi connectivity index (χ1) is 13.2. The van der Waals surface area contributed by atoms with E-state index in [2.05, 4.69) is 15.2 Å². The van der Waals surface area contributed by atoms with Crippen molar-refractivity contribution in [1.29, 1.82) is 0 Å². The maximum atomic E-state index is 8.96. The molecule has 0 aliphatic carbocycles. The Morgan fingerprint density at radius 2 is 1.96 bits per heavy atom. The van der Waals surface area contributed by atoms with Crippen molar-refractivity contribution in [3.8, 4) is 28.3 Å². The Morgan fingerprint density at radius 1 is 1.07 bits per heavy atom. The predicted molar refractivity (Wildman–Crippen MR) is 105 cm³/mol. The van der Waals surface area contributed by atoms with E-state index >= 15 is 0 Å². The maximum absolute atomic E-state index is 8.96. The number of pyridine rings is 2. The number of hydrogen-bond donors (Lipinski definition) is 2. The van der Waals surface area contributed by atoms with Gasteiger partial charge in [-0.15, -0.1) is 0 Å². The average molecular weight is 360 g/mol. The number of fused-ring (bicyclic) bond motifs is 1. The molecule has 0 aliphatic heterocycles. The van der Waals surface area contributed by atoms with Crippen LogP contribution in [0.15, 0.2) is 48.7 Å². The Hall–Kier alpha value is -3.25. The van der Waals surface area contributed by atoms with Gasteiger partial charge in [0.1, 0.15) is 12.4 Å². The number of nitrogens with one attached hydrogen (secondary N) is 1. The van der Waals surface area contributed by atoms with E-state index in [-0.39, 0.29) is 13.2 Å². The number of aromatic nitrogens is 4. The highest BCUT2D eigenvalue weighted by molar-refractivity contribution is 5.95. The van der Waals surface area contributed by atoms with Crippen molar-refractivity contribution in [2.24, 2.45) is 0 Å². The molecule has 0 unspecified atom stereocenters. The van der Waals surface area contributed by atoms with Gasteiger partial charge < -0.3 is 9.84 Å². The predicted octanol–water partition coefficient (Wildman–Crippen LogP) is 3.67. The van der Waals surface area contributed by atoms with Gasteiger partial charge in [0.05, 0.1) is 23.4 Å². The smallest absolute Gasteiger partial charge is 0.182 e. The van der Waals surface area contributed by atoms with Gasteiger partial charge in [-0.1, -0.05) is 18.2 Å². The molecule has 0 saturated carbocycles. The maximum Gasteiger partial charge on any atom is 0.182 e. The molecule has 136 valence electrons. The summed E-state index contributed by atoms with van der Waals surface area (Å²) in [6.45, 7) is 4.24. The van der Waals surface area contributed by atoms with Gasteiger partial charge in [0.2, 0.25) is 0 Å². The molecule has 3 heterocycles. The van der Waals surface area contributed by atoms with Crippen LogP contribution in [0.5, 0.6) is 5.75 Å². The van der Waals surface area contributed by atoms with E-state index in [4.69, 9.17) is 14.8 Å². The SMILES string of the molecule is Cc1ccc(-c2cc(-c3cccc(OCCO)c3)nc3n[nH]c(C)c23)nc1. The molecule has 3 aromatic heterocycles. The number of hydrogen-bond acceptors (Lipinski definition) is 5. The van der Waals surface area contributed by atoms with Crippen LogP contribution in [0.3, 0.4) is 0 Å². The lowest BCUT2D eigenvalue weighted by Crippen LogP contribution is -2.01. The van der Waals surface area contributed by atoms with Crippen LogP contribution in [-0.2, 0) is 0 Å². The fourth-order valence-electron chi connectivity index (χ4n) is 3.06. The minimum Gasteiger partial charge on any atom is -0.491 e. The van der Waals surface area contributed by atoms with Crippen LogP contribution < -0.4 is 4.74 Å². The second-order valence-electron chi connectivity index (χ2n) is 6.42. The fraction of sp³-hybridized carbons (Fsp3) is 0.190. The first kappa shape index (κ1) is 17.2. The van der Waals surface area contributed by atoms with Crippen molar-refractivity contribution in [1.82, 2.24) is 20.2 Å². The molecule has 27 heavy (non-hydrogen) atoms. The van der Waals surface area contributed by atoms with Crippen molar-refractivity contribution in [2.45, 2.75) is 13.8 Å². The van der Waals surface area contributed by atoms with E-state index in [1.807, 2.05) is 62.5 Å². The summed E-state index contributed by atoms with van der Waals surface area (Å²) in [6, 6.07) is 13.8. The van der Waals surface area contributed by atoms with E-state index in [1.54, 1.807) is 0 Å². The number of ether oxygens (including phenoxy) is 1. The van der Waals surface area contributed by atoms with E-state index in [0.29, 0.717) is 11.4 Å². The summed E-state index contributed by atoms with van der Waals surface area (Å²) in [5.74, 6) is 0.691. The second kappa shape index (κ2) is 7.17. The number of aromatic amines is 1. The van der Waals surface area contributed by atoms with Gasteiger partial charge in [-0.2, -0.15) is 5.10 Å². The molecular weight excluding hydrogens is 340 g/mol. The molecule has 0 saturated heterocycles. The first-order valence-corrected chi connectivity index (χ1v) is 8.78. The van der Waals surface area contributed by atoms with Crippen molar-refractivity contribution in [3.05, 3.63) is 59.9 Å². The first-order valence-electron chi connectivity index (χ1n) is 8.78. The zero-order valence-corrected chi connectivity index (χ0v) is 15.2. The molecular formula is C21H20N4O2. The van der Waals surface area contributed by atoms with Gasteiger partial charge in [-0.25, -0.2) is 4.98 Å². The molecule has 4 rings (SSSR count). The largest absolute Gasteiger partial charge is 0.491 e. The zero-order valence-electron chi connectivity index (χ0n) is 15.2. The molecule has 0 radical (unpaired) electrons. The summed E-state index contributed by atoms with van der Waals surface area (Å²) in [5, 5.41) is 17.3. The highest BCUT2D eigenvalue weighted by atomic mass is 16.5. The molecule has 1 aromatic carbocycles. The topological polar surface area (TPSA) is 83.9 Å². The molecule has 0 bridgehead atoms. The van der Waals surface area contributed by atoms with Crippen LogP contribution in [0.4, 0.5) is 0 Å². The third kappa shape index (κ3) is 3.39. The summed E-state index contributed by atoms with van der Waals surface area (Å²) in [4.78, 5) is 9.31. The fourth-order valence-corrected chi connectivity index (χ4v) is 3.06. The Labute approximate surface area is 156 Å². The lowest BCUT2D eigenvalue weighted by atomic mass is 10.0. The minimum atomic E-state index is -0.0236. The summed E-state index contributed by atoms with van der Waals surface area (Å²) in [6.07, 6.45) is 1.86. The van der Waals surface area contributed by atoms with Crippen LogP contribution in [0.2, 0.25) is 0 Å². The zero-order chi connectivity index (χ0) is 18.8. The number of nitrogens with zero attached hydrogens (tertiary/aromatic N) is 3. The summed E-state index contributed by atoms with van der Waals surface area (Å²) >= 11 is 0. The van der Waals surface area contributed by atoms with Gasteiger partial charge in [-0.05, 0) is 43.7 Å². The molecule has 0 fully saturated rings. The summed E-state index contributed by atoms with van der Waals surface area (Å²) in [5.41, 5.74) is 6.31. The average Bonchev–Trinajstić information content (AvgIpc) is 3.07. The number of aliphatic hydroxyl groups is 1. The Bertz CT molecular complexity index is 1090. The normalized spacial score (nSPS) is 11.1. The lowest BCUT2D eigenvalue weighted by Gasteiger charge is -2.09. The number of benzene rings is 1. The number of rotatable bonds is 5. The highest BCUT2D eigenvalue weighted by Crippen LogP contribution is 2.33. The number of H-pyrrole nitrogens is 1. The molecule has 0 amide bonds. The van der Waals surface area contributed by atoms with Crippen molar-refractivity contribution >= 4 is 11.0 Å². The number of aliphatic hydroxyl groups excluding tert-OH is 1. The van der Waals surface area contributed by atoms with Gasteiger partial charge in [-0.3, -0.25) is 10.1 Å². The van der Waals surface area contributed by atoms with Crippen LogP contribution in [-0.4, -0.2) is 38.5 Å². The van der Waals surface area contributed by atoms with Crippen molar-refractivity contribution < 1.29 is 9.84 Å².